The Morgan fingerprint density at radius 3 is 2.75 bits per heavy atom. The Kier molecular flexibility index (Phi) is 1.30. The summed E-state index contributed by atoms with van der Waals surface area (Å²) in [5.41, 5.74) is 0.00463. The van der Waals surface area contributed by atoms with Crippen LogP contribution in [0.5, 0.6) is 5.75 Å². The molecule has 0 spiro atoms. The van der Waals surface area contributed by atoms with Crippen LogP contribution in [-0.2, 0) is 0 Å². The summed E-state index contributed by atoms with van der Waals surface area (Å²) in [6, 6.07) is 1.70. The van der Waals surface area contributed by atoms with Crippen LogP contribution in [0.3, 0.4) is 0 Å². The van der Waals surface area contributed by atoms with Crippen LogP contribution in [0, 0.1) is 11.6 Å². The number of aromatic hydroxyl groups is 1. The lowest BCUT2D eigenvalue weighted by Crippen LogP contribution is -1.79. The number of halogens is 2. The number of furan rings is 1. The fourth-order valence-corrected chi connectivity index (χ4v) is 1.07. The topological polar surface area (TPSA) is 33.4 Å². The zero-order valence-electron chi connectivity index (χ0n) is 5.84. The monoisotopic (exact) mass is 170 g/mol. The standard InChI is InChI=1S/C8H4F2O2/c9-4-1-5(10)8-6(11)3-12-7(8)2-4/h1-3,11H. The maximum atomic E-state index is 12.9. The average molecular weight is 170 g/mol. The molecule has 2 rings (SSSR count). The van der Waals surface area contributed by atoms with E-state index in [4.69, 9.17) is 5.11 Å². The highest BCUT2D eigenvalue weighted by Crippen LogP contribution is 2.29. The number of fused-ring (bicyclic) bond motifs is 1. The Morgan fingerprint density at radius 1 is 1.25 bits per heavy atom. The quantitative estimate of drug-likeness (QED) is 0.658. The molecule has 0 fully saturated rings. The van der Waals surface area contributed by atoms with Crippen molar-refractivity contribution in [2.75, 3.05) is 0 Å². The third-order valence-corrected chi connectivity index (χ3v) is 1.57. The Labute approximate surface area is 66.0 Å². The summed E-state index contributed by atoms with van der Waals surface area (Å²) in [5.74, 6) is -1.87. The Bertz CT molecular complexity index is 434. The minimum absolute atomic E-state index is 0.00463. The number of hydrogen-bond acceptors (Lipinski definition) is 2. The minimum Gasteiger partial charge on any atom is -0.504 e. The number of benzene rings is 1. The van der Waals surface area contributed by atoms with E-state index in [1.165, 1.54) is 0 Å². The molecule has 1 N–H and O–H groups in total. The van der Waals surface area contributed by atoms with E-state index in [1.807, 2.05) is 0 Å². The highest BCUT2D eigenvalue weighted by Gasteiger charge is 2.11. The summed E-state index contributed by atoms with van der Waals surface area (Å²) in [6.45, 7) is 0. The van der Waals surface area contributed by atoms with Crippen LogP contribution in [0.2, 0.25) is 0 Å². The molecule has 1 heterocycles. The van der Waals surface area contributed by atoms with E-state index in [1.54, 1.807) is 0 Å². The lowest BCUT2D eigenvalue weighted by molar-refractivity contribution is 0.463. The minimum atomic E-state index is -0.823. The van der Waals surface area contributed by atoms with Crippen LogP contribution in [0.1, 0.15) is 0 Å². The van der Waals surface area contributed by atoms with Crippen LogP contribution < -0.4 is 0 Å². The average Bonchev–Trinajstić information content (AvgIpc) is 2.31. The van der Waals surface area contributed by atoms with Crippen molar-refractivity contribution in [1.29, 1.82) is 0 Å². The van der Waals surface area contributed by atoms with Crippen molar-refractivity contribution in [2.45, 2.75) is 0 Å². The first-order valence-electron chi connectivity index (χ1n) is 3.23. The predicted molar refractivity (Wildman–Crippen MR) is 37.8 cm³/mol. The lowest BCUT2D eigenvalue weighted by Gasteiger charge is -1.91. The zero-order valence-corrected chi connectivity index (χ0v) is 5.84. The molecule has 0 aliphatic carbocycles. The summed E-state index contributed by atoms with van der Waals surface area (Å²) in [6.07, 6.45) is 0.965. The summed E-state index contributed by atoms with van der Waals surface area (Å²) >= 11 is 0. The molecule has 1 aromatic heterocycles. The molecule has 2 nitrogen and oxygen atoms in total. The predicted octanol–water partition coefficient (Wildman–Crippen LogP) is 2.42. The van der Waals surface area contributed by atoms with Crippen molar-refractivity contribution in [1.82, 2.24) is 0 Å². The molecule has 2 aromatic rings. The summed E-state index contributed by atoms with van der Waals surface area (Å²) in [5, 5.41) is 8.94. The molecular weight excluding hydrogens is 166 g/mol. The molecule has 0 unspecified atom stereocenters. The van der Waals surface area contributed by atoms with E-state index in [0.29, 0.717) is 6.07 Å². The SMILES string of the molecule is Oc1coc2cc(F)cc(F)c12. The molecule has 62 valence electrons. The van der Waals surface area contributed by atoms with Crippen LogP contribution >= 0.6 is 0 Å². The molecule has 0 radical (unpaired) electrons. The fourth-order valence-electron chi connectivity index (χ4n) is 1.07. The Hall–Kier alpha value is -1.58. The molecule has 0 atom stereocenters. The zero-order chi connectivity index (χ0) is 8.72. The fraction of sp³-hybridized carbons (Fsp3) is 0. The van der Waals surface area contributed by atoms with Crippen molar-refractivity contribution in [3.63, 3.8) is 0 Å². The molecule has 0 aliphatic rings. The van der Waals surface area contributed by atoms with Crippen LogP contribution in [0.15, 0.2) is 22.8 Å². The molecule has 0 saturated heterocycles. The van der Waals surface area contributed by atoms with Gasteiger partial charge in [-0.05, 0) is 0 Å². The third kappa shape index (κ3) is 0.845. The first-order valence-corrected chi connectivity index (χ1v) is 3.23. The van der Waals surface area contributed by atoms with Gasteiger partial charge in [-0.25, -0.2) is 8.78 Å². The highest BCUT2D eigenvalue weighted by molar-refractivity contribution is 5.84. The molecule has 1 aromatic carbocycles. The third-order valence-electron chi connectivity index (χ3n) is 1.57. The van der Waals surface area contributed by atoms with Crippen LogP contribution in [0.4, 0.5) is 8.78 Å². The molecule has 12 heavy (non-hydrogen) atoms. The van der Waals surface area contributed by atoms with Gasteiger partial charge in [0, 0.05) is 12.1 Å². The van der Waals surface area contributed by atoms with E-state index < -0.39 is 11.6 Å². The number of hydrogen-bond donors (Lipinski definition) is 1. The molecule has 0 saturated carbocycles. The molecule has 4 heteroatoms. The molecule has 0 bridgehead atoms. The lowest BCUT2D eigenvalue weighted by atomic mass is 10.2. The maximum absolute atomic E-state index is 12.9. The Morgan fingerprint density at radius 2 is 2.00 bits per heavy atom. The molecule has 0 aliphatic heterocycles. The van der Waals surface area contributed by atoms with Crippen molar-refractivity contribution in [2.24, 2.45) is 0 Å². The second-order valence-electron chi connectivity index (χ2n) is 2.38. The Balaban J connectivity index is 2.93. The van der Waals surface area contributed by atoms with Gasteiger partial charge in [0.1, 0.15) is 23.5 Å². The largest absolute Gasteiger partial charge is 0.504 e. The second-order valence-corrected chi connectivity index (χ2v) is 2.38. The normalized spacial score (nSPS) is 10.8. The van der Waals surface area contributed by atoms with E-state index in [9.17, 15) is 8.78 Å². The van der Waals surface area contributed by atoms with Gasteiger partial charge in [-0.15, -0.1) is 0 Å². The highest BCUT2D eigenvalue weighted by atomic mass is 19.1. The van der Waals surface area contributed by atoms with Crippen LogP contribution in [-0.4, -0.2) is 5.11 Å². The number of rotatable bonds is 0. The van der Waals surface area contributed by atoms with Gasteiger partial charge in [0.25, 0.3) is 0 Å². The molecular formula is C8H4F2O2. The van der Waals surface area contributed by atoms with Gasteiger partial charge in [-0.1, -0.05) is 0 Å². The van der Waals surface area contributed by atoms with E-state index >= 15 is 0 Å². The maximum Gasteiger partial charge on any atom is 0.164 e. The van der Waals surface area contributed by atoms with Crippen molar-refractivity contribution < 1.29 is 18.3 Å². The second kappa shape index (κ2) is 2.20. The summed E-state index contributed by atoms with van der Waals surface area (Å²) in [7, 11) is 0. The van der Waals surface area contributed by atoms with Gasteiger partial charge in [0.05, 0.1) is 5.39 Å². The van der Waals surface area contributed by atoms with Gasteiger partial charge >= 0.3 is 0 Å². The van der Waals surface area contributed by atoms with Crippen molar-refractivity contribution in [3.8, 4) is 5.75 Å². The van der Waals surface area contributed by atoms with Gasteiger partial charge in [-0.2, -0.15) is 0 Å². The van der Waals surface area contributed by atoms with Crippen molar-refractivity contribution in [3.05, 3.63) is 30.0 Å². The molecule has 0 amide bonds. The first kappa shape index (κ1) is 7.09. The summed E-state index contributed by atoms with van der Waals surface area (Å²) in [4.78, 5) is 0. The summed E-state index contributed by atoms with van der Waals surface area (Å²) < 4.78 is 30.1. The van der Waals surface area contributed by atoms with Gasteiger partial charge in [0.2, 0.25) is 0 Å². The first-order chi connectivity index (χ1) is 5.68. The van der Waals surface area contributed by atoms with Gasteiger partial charge in [0.15, 0.2) is 5.75 Å². The van der Waals surface area contributed by atoms with E-state index in [0.717, 1.165) is 12.3 Å². The van der Waals surface area contributed by atoms with Gasteiger partial charge in [-0.3, -0.25) is 0 Å². The van der Waals surface area contributed by atoms with Crippen LogP contribution in [0.25, 0.3) is 11.0 Å². The van der Waals surface area contributed by atoms with E-state index in [2.05, 4.69) is 4.42 Å². The smallest absolute Gasteiger partial charge is 0.164 e. The van der Waals surface area contributed by atoms with E-state index in [-0.39, 0.29) is 16.7 Å². The van der Waals surface area contributed by atoms with Crippen molar-refractivity contribution >= 4 is 11.0 Å². The van der Waals surface area contributed by atoms with Gasteiger partial charge < -0.3 is 9.52 Å².